The number of hydrogen-bond donors (Lipinski definition) is 2. The quantitative estimate of drug-likeness (QED) is 0.492. The van der Waals surface area contributed by atoms with E-state index in [0.717, 1.165) is 24.1 Å². The first kappa shape index (κ1) is 25.2. The Bertz CT molecular complexity index is 980. The first-order valence-electron chi connectivity index (χ1n) is 9.80. The van der Waals surface area contributed by atoms with E-state index in [9.17, 15) is 27.6 Å². The van der Waals surface area contributed by atoms with Gasteiger partial charge in [-0.25, -0.2) is 0 Å². The predicted octanol–water partition coefficient (Wildman–Crippen LogP) is 5.21. The van der Waals surface area contributed by atoms with Crippen molar-refractivity contribution in [1.29, 1.82) is 0 Å². The smallest absolute Gasteiger partial charge is 0.416 e. The van der Waals surface area contributed by atoms with Crippen molar-refractivity contribution in [2.45, 2.75) is 38.8 Å². The highest BCUT2D eigenvalue weighted by Crippen LogP contribution is 2.33. The zero-order valence-corrected chi connectivity index (χ0v) is 18.0. The lowest BCUT2D eigenvalue weighted by Crippen LogP contribution is -2.21. The summed E-state index contributed by atoms with van der Waals surface area (Å²) in [6.07, 6.45) is -3.64. The maximum atomic E-state index is 12.8. The van der Waals surface area contributed by atoms with Gasteiger partial charge in [-0.1, -0.05) is 36.7 Å². The van der Waals surface area contributed by atoms with E-state index < -0.39 is 30.2 Å². The van der Waals surface area contributed by atoms with Crippen LogP contribution in [0.4, 0.5) is 24.5 Å². The zero-order chi connectivity index (χ0) is 23.7. The fourth-order valence-electron chi connectivity index (χ4n) is 2.76. The molecule has 2 N–H and O–H groups in total. The summed E-state index contributed by atoms with van der Waals surface area (Å²) in [5.41, 5.74) is 0.486. The average molecular weight is 471 g/mol. The number of rotatable bonds is 9. The van der Waals surface area contributed by atoms with Crippen molar-refractivity contribution in [2.75, 3.05) is 17.2 Å². The van der Waals surface area contributed by atoms with Gasteiger partial charge in [0.2, 0.25) is 5.91 Å². The van der Waals surface area contributed by atoms with Crippen LogP contribution in [-0.4, -0.2) is 24.4 Å². The molecule has 0 bridgehead atoms. The minimum atomic E-state index is -4.60. The van der Waals surface area contributed by atoms with Crippen LogP contribution in [0.1, 0.15) is 37.3 Å². The van der Waals surface area contributed by atoms with Crippen molar-refractivity contribution in [1.82, 2.24) is 0 Å². The van der Waals surface area contributed by atoms with Crippen LogP contribution in [0.25, 0.3) is 0 Å². The van der Waals surface area contributed by atoms with Gasteiger partial charge in [0.1, 0.15) is 0 Å². The minimum Gasteiger partial charge on any atom is -0.456 e. The SMILES string of the molecule is CCc1ccccc1NC(=O)CCCC(=O)OCC(=O)Nc1cc(C(F)(F)F)ccc1Cl. The van der Waals surface area contributed by atoms with E-state index in [1.165, 1.54) is 0 Å². The molecule has 0 radical (unpaired) electrons. The number of alkyl halides is 3. The van der Waals surface area contributed by atoms with Crippen LogP contribution in [-0.2, 0) is 31.7 Å². The maximum absolute atomic E-state index is 12.8. The lowest BCUT2D eigenvalue weighted by Gasteiger charge is -2.12. The second kappa shape index (κ2) is 11.5. The minimum absolute atomic E-state index is 0.0825. The summed E-state index contributed by atoms with van der Waals surface area (Å²) in [5.74, 6) is -1.80. The topological polar surface area (TPSA) is 84.5 Å². The van der Waals surface area contributed by atoms with Crippen molar-refractivity contribution >= 4 is 40.8 Å². The summed E-state index contributed by atoms with van der Waals surface area (Å²) in [7, 11) is 0. The Kier molecular flexibility index (Phi) is 9.07. The highest BCUT2D eigenvalue weighted by Gasteiger charge is 2.31. The maximum Gasteiger partial charge on any atom is 0.416 e. The molecule has 2 amide bonds. The van der Waals surface area contributed by atoms with Gasteiger partial charge in [0, 0.05) is 18.5 Å². The van der Waals surface area contributed by atoms with Gasteiger partial charge in [-0.2, -0.15) is 13.2 Å². The van der Waals surface area contributed by atoms with Gasteiger partial charge in [-0.05, 0) is 42.7 Å². The molecule has 0 atom stereocenters. The van der Waals surface area contributed by atoms with E-state index in [4.69, 9.17) is 16.3 Å². The number of esters is 1. The van der Waals surface area contributed by atoms with Crippen LogP contribution < -0.4 is 10.6 Å². The fourth-order valence-corrected chi connectivity index (χ4v) is 2.92. The lowest BCUT2D eigenvalue weighted by molar-refractivity contribution is -0.147. The Labute approximate surface area is 188 Å². The zero-order valence-electron chi connectivity index (χ0n) is 17.2. The fraction of sp³-hybridized carbons (Fsp3) is 0.318. The summed E-state index contributed by atoms with van der Waals surface area (Å²) in [5, 5.41) is 4.87. The number of hydrogen-bond acceptors (Lipinski definition) is 4. The molecule has 0 saturated carbocycles. The number of anilines is 2. The van der Waals surface area contributed by atoms with Crippen LogP contribution in [0.2, 0.25) is 5.02 Å². The van der Waals surface area contributed by atoms with Crippen LogP contribution >= 0.6 is 11.6 Å². The van der Waals surface area contributed by atoms with E-state index >= 15 is 0 Å². The number of halogens is 4. The van der Waals surface area contributed by atoms with E-state index in [2.05, 4.69) is 10.6 Å². The van der Waals surface area contributed by atoms with Gasteiger partial charge in [-0.15, -0.1) is 0 Å². The molecule has 0 saturated heterocycles. The molecule has 2 aromatic rings. The van der Waals surface area contributed by atoms with Gasteiger partial charge in [0.25, 0.3) is 5.91 Å². The average Bonchev–Trinajstić information content (AvgIpc) is 2.73. The number of carbonyl (C=O) groups excluding carboxylic acids is 3. The highest BCUT2D eigenvalue weighted by molar-refractivity contribution is 6.33. The normalized spacial score (nSPS) is 11.0. The number of benzene rings is 2. The Morgan fingerprint density at radius 1 is 0.969 bits per heavy atom. The lowest BCUT2D eigenvalue weighted by atomic mass is 10.1. The van der Waals surface area contributed by atoms with E-state index in [1.807, 2.05) is 25.1 Å². The summed E-state index contributed by atoms with van der Waals surface area (Å²) in [4.78, 5) is 35.7. The second-order valence-electron chi connectivity index (χ2n) is 6.81. The van der Waals surface area contributed by atoms with Crippen molar-refractivity contribution in [3.05, 3.63) is 58.6 Å². The molecule has 0 aromatic heterocycles. The molecule has 0 fully saturated rings. The molecular weight excluding hydrogens is 449 g/mol. The summed E-state index contributed by atoms with van der Waals surface area (Å²) in [6, 6.07) is 9.87. The molecule has 0 unspecified atom stereocenters. The Balaban J connectivity index is 1.74. The second-order valence-corrected chi connectivity index (χ2v) is 7.22. The third-order valence-corrected chi connectivity index (χ3v) is 4.72. The Morgan fingerprint density at radius 3 is 2.34 bits per heavy atom. The van der Waals surface area contributed by atoms with Crippen LogP contribution in [0.5, 0.6) is 0 Å². The van der Waals surface area contributed by atoms with E-state index in [1.54, 1.807) is 6.07 Å². The van der Waals surface area contributed by atoms with Crippen LogP contribution in [0, 0.1) is 0 Å². The number of ether oxygens (including phenoxy) is 1. The van der Waals surface area contributed by atoms with E-state index in [-0.39, 0.29) is 35.9 Å². The summed E-state index contributed by atoms with van der Waals surface area (Å²) in [6.45, 7) is 1.28. The molecule has 0 heterocycles. The molecular formula is C22H22ClF3N2O4. The number of aryl methyl sites for hydroxylation is 1. The van der Waals surface area contributed by atoms with Crippen molar-refractivity contribution in [2.24, 2.45) is 0 Å². The van der Waals surface area contributed by atoms with Crippen molar-refractivity contribution in [3.8, 4) is 0 Å². The molecule has 10 heteroatoms. The van der Waals surface area contributed by atoms with Gasteiger partial charge in [0.15, 0.2) is 6.61 Å². The highest BCUT2D eigenvalue weighted by atomic mass is 35.5. The van der Waals surface area contributed by atoms with E-state index in [0.29, 0.717) is 11.8 Å². The van der Waals surface area contributed by atoms with Gasteiger partial charge < -0.3 is 15.4 Å². The molecule has 0 aliphatic rings. The number of amides is 2. The van der Waals surface area contributed by atoms with Crippen LogP contribution in [0.3, 0.4) is 0 Å². The molecule has 172 valence electrons. The number of nitrogens with one attached hydrogen (secondary N) is 2. The summed E-state index contributed by atoms with van der Waals surface area (Å²) >= 11 is 5.80. The Hall–Kier alpha value is -3.07. The summed E-state index contributed by atoms with van der Waals surface area (Å²) < 4.78 is 43.1. The number of para-hydroxylation sites is 1. The van der Waals surface area contributed by atoms with Crippen molar-refractivity contribution < 1.29 is 32.3 Å². The van der Waals surface area contributed by atoms with Gasteiger partial charge in [-0.3, -0.25) is 14.4 Å². The monoisotopic (exact) mass is 470 g/mol. The van der Waals surface area contributed by atoms with Crippen LogP contribution in [0.15, 0.2) is 42.5 Å². The third-order valence-electron chi connectivity index (χ3n) is 4.39. The van der Waals surface area contributed by atoms with Gasteiger partial charge in [0.05, 0.1) is 16.3 Å². The molecule has 0 spiro atoms. The van der Waals surface area contributed by atoms with Crippen molar-refractivity contribution in [3.63, 3.8) is 0 Å². The molecule has 6 nitrogen and oxygen atoms in total. The number of carbonyl (C=O) groups is 3. The first-order valence-corrected chi connectivity index (χ1v) is 10.2. The Morgan fingerprint density at radius 2 is 1.66 bits per heavy atom. The molecule has 2 aromatic carbocycles. The van der Waals surface area contributed by atoms with Gasteiger partial charge >= 0.3 is 12.1 Å². The predicted molar refractivity (Wildman–Crippen MR) is 114 cm³/mol. The molecule has 0 aliphatic carbocycles. The third kappa shape index (κ3) is 7.88. The molecule has 0 aliphatic heterocycles. The molecule has 32 heavy (non-hydrogen) atoms. The standard InChI is InChI=1S/C22H22ClF3N2O4/c1-2-14-6-3-4-7-17(14)27-19(29)8-5-9-21(31)32-13-20(30)28-18-12-15(22(24,25)26)10-11-16(18)23/h3-4,6-7,10-12H,2,5,8-9,13H2,1H3,(H,27,29)(H,28,30). The first-order chi connectivity index (χ1) is 15.1. The molecule has 2 rings (SSSR count). The largest absolute Gasteiger partial charge is 0.456 e.